The highest BCUT2D eigenvalue weighted by atomic mass is 16.7. The van der Waals surface area contributed by atoms with E-state index in [0.29, 0.717) is 0 Å². The van der Waals surface area contributed by atoms with Crippen molar-refractivity contribution in [3.05, 3.63) is 34.4 Å². The summed E-state index contributed by atoms with van der Waals surface area (Å²) in [6, 6.07) is 4.05. The standard InChI is InChI=1S/C13H20O3/c1-8-6-10(3)11(7-9(8)2)12(14)13(15-4)16-5/h6-7,12-14H,1-5H3. The molecular formula is C13H20O3. The molecule has 0 aromatic heterocycles. The molecule has 3 heteroatoms. The molecule has 1 aromatic carbocycles. The largest absolute Gasteiger partial charge is 0.383 e. The van der Waals surface area contributed by atoms with Crippen LogP contribution < -0.4 is 0 Å². The van der Waals surface area contributed by atoms with Gasteiger partial charge in [0.1, 0.15) is 6.10 Å². The number of aryl methyl sites for hydroxylation is 3. The van der Waals surface area contributed by atoms with Gasteiger partial charge in [-0.25, -0.2) is 0 Å². The normalized spacial score (nSPS) is 13.2. The van der Waals surface area contributed by atoms with E-state index in [1.54, 1.807) is 0 Å². The van der Waals surface area contributed by atoms with Gasteiger partial charge in [-0.1, -0.05) is 12.1 Å². The Hall–Kier alpha value is -0.900. The zero-order chi connectivity index (χ0) is 12.3. The molecule has 0 saturated heterocycles. The predicted molar refractivity (Wildman–Crippen MR) is 63.4 cm³/mol. The summed E-state index contributed by atoms with van der Waals surface area (Å²) < 4.78 is 10.1. The van der Waals surface area contributed by atoms with Gasteiger partial charge in [-0.05, 0) is 43.0 Å². The second kappa shape index (κ2) is 5.43. The van der Waals surface area contributed by atoms with Crippen LogP contribution in [0.4, 0.5) is 0 Å². The molecule has 1 unspecified atom stereocenters. The summed E-state index contributed by atoms with van der Waals surface area (Å²) in [7, 11) is 3.04. The molecule has 1 atom stereocenters. The molecule has 3 nitrogen and oxygen atoms in total. The molecule has 0 heterocycles. The Morgan fingerprint density at radius 3 is 1.94 bits per heavy atom. The van der Waals surface area contributed by atoms with Crippen molar-refractivity contribution in [3.63, 3.8) is 0 Å². The first-order valence-corrected chi connectivity index (χ1v) is 5.32. The van der Waals surface area contributed by atoms with E-state index in [2.05, 4.69) is 13.0 Å². The van der Waals surface area contributed by atoms with Crippen LogP contribution in [0.25, 0.3) is 0 Å². The van der Waals surface area contributed by atoms with Crippen LogP contribution >= 0.6 is 0 Å². The van der Waals surface area contributed by atoms with Gasteiger partial charge in [-0.15, -0.1) is 0 Å². The van der Waals surface area contributed by atoms with E-state index in [9.17, 15) is 5.11 Å². The van der Waals surface area contributed by atoms with E-state index < -0.39 is 12.4 Å². The van der Waals surface area contributed by atoms with Crippen molar-refractivity contribution in [1.29, 1.82) is 0 Å². The third-order valence-electron chi connectivity index (χ3n) is 2.92. The van der Waals surface area contributed by atoms with E-state index in [-0.39, 0.29) is 0 Å². The Kier molecular flexibility index (Phi) is 4.47. The van der Waals surface area contributed by atoms with E-state index in [1.807, 2.05) is 19.9 Å². The van der Waals surface area contributed by atoms with Crippen molar-refractivity contribution in [2.45, 2.75) is 33.2 Å². The SMILES string of the molecule is COC(OC)C(O)c1cc(C)c(C)cc1C. The van der Waals surface area contributed by atoms with Crippen molar-refractivity contribution >= 4 is 0 Å². The summed E-state index contributed by atoms with van der Waals surface area (Å²) in [6.45, 7) is 6.07. The Morgan fingerprint density at radius 2 is 1.44 bits per heavy atom. The first kappa shape index (κ1) is 13.2. The van der Waals surface area contributed by atoms with Gasteiger partial charge in [0.15, 0.2) is 6.29 Å². The summed E-state index contributed by atoms with van der Waals surface area (Å²) in [5.74, 6) is 0. The number of methoxy groups -OCH3 is 2. The Bertz CT molecular complexity index is 356. The molecule has 0 saturated carbocycles. The summed E-state index contributed by atoms with van der Waals surface area (Å²) in [5, 5.41) is 10.1. The number of ether oxygens (including phenoxy) is 2. The van der Waals surface area contributed by atoms with Crippen molar-refractivity contribution < 1.29 is 14.6 Å². The van der Waals surface area contributed by atoms with Gasteiger partial charge in [-0.3, -0.25) is 0 Å². The monoisotopic (exact) mass is 224 g/mol. The summed E-state index contributed by atoms with van der Waals surface area (Å²) in [4.78, 5) is 0. The van der Waals surface area contributed by atoms with Crippen LogP contribution in [-0.2, 0) is 9.47 Å². The van der Waals surface area contributed by atoms with Crippen LogP contribution in [0.1, 0.15) is 28.4 Å². The third kappa shape index (κ3) is 2.61. The van der Waals surface area contributed by atoms with E-state index in [1.165, 1.54) is 19.8 Å². The fourth-order valence-electron chi connectivity index (χ4n) is 1.80. The second-order valence-corrected chi connectivity index (χ2v) is 4.08. The average molecular weight is 224 g/mol. The lowest BCUT2D eigenvalue weighted by Crippen LogP contribution is -2.23. The molecule has 0 spiro atoms. The van der Waals surface area contributed by atoms with Gasteiger partial charge < -0.3 is 14.6 Å². The van der Waals surface area contributed by atoms with E-state index in [4.69, 9.17) is 9.47 Å². The maximum atomic E-state index is 10.1. The van der Waals surface area contributed by atoms with Gasteiger partial charge in [0, 0.05) is 14.2 Å². The molecule has 0 aliphatic rings. The second-order valence-electron chi connectivity index (χ2n) is 4.08. The Balaban J connectivity index is 3.07. The van der Waals surface area contributed by atoms with Crippen LogP contribution in [0.3, 0.4) is 0 Å². The Labute approximate surface area is 97.0 Å². The highest BCUT2D eigenvalue weighted by Crippen LogP contribution is 2.25. The minimum atomic E-state index is -0.755. The molecule has 1 rings (SSSR count). The zero-order valence-corrected chi connectivity index (χ0v) is 10.6. The summed E-state index contributed by atoms with van der Waals surface area (Å²) >= 11 is 0. The number of hydrogen-bond acceptors (Lipinski definition) is 3. The van der Waals surface area contributed by atoms with E-state index >= 15 is 0 Å². The van der Waals surface area contributed by atoms with Crippen LogP contribution in [0.15, 0.2) is 12.1 Å². The Morgan fingerprint density at radius 1 is 0.938 bits per heavy atom. The molecule has 1 aromatic rings. The first-order valence-electron chi connectivity index (χ1n) is 5.32. The fraction of sp³-hybridized carbons (Fsp3) is 0.538. The van der Waals surface area contributed by atoms with Crippen molar-refractivity contribution in [2.75, 3.05) is 14.2 Å². The predicted octanol–water partition coefficient (Wildman–Crippen LogP) is 2.26. The maximum absolute atomic E-state index is 10.1. The maximum Gasteiger partial charge on any atom is 0.187 e. The van der Waals surface area contributed by atoms with Crippen LogP contribution in [-0.4, -0.2) is 25.6 Å². The topological polar surface area (TPSA) is 38.7 Å². The highest BCUT2D eigenvalue weighted by Gasteiger charge is 2.21. The number of aliphatic hydroxyl groups excluding tert-OH is 1. The van der Waals surface area contributed by atoms with Crippen LogP contribution in [0.2, 0.25) is 0 Å². The molecule has 0 radical (unpaired) electrons. The number of benzene rings is 1. The lowest BCUT2D eigenvalue weighted by atomic mass is 9.97. The van der Waals surface area contributed by atoms with Crippen molar-refractivity contribution in [1.82, 2.24) is 0 Å². The number of rotatable bonds is 4. The molecular weight excluding hydrogens is 204 g/mol. The smallest absolute Gasteiger partial charge is 0.187 e. The number of hydrogen-bond donors (Lipinski definition) is 1. The van der Waals surface area contributed by atoms with E-state index in [0.717, 1.165) is 16.7 Å². The lowest BCUT2D eigenvalue weighted by molar-refractivity contribution is -0.166. The summed E-state index contributed by atoms with van der Waals surface area (Å²) in [6.07, 6.45) is -1.38. The van der Waals surface area contributed by atoms with Crippen LogP contribution in [0.5, 0.6) is 0 Å². The molecule has 1 N–H and O–H groups in total. The number of aliphatic hydroxyl groups is 1. The molecule has 0 aliphatic heterocycles. The fourth-order valence-corrected chi connectivity index (χ4v) is 1.80. The van der Waals surface area contributed by atoms with Crippen molar-refractivity contribution in [3.8, 4) is 0 Å². The molecule has 0 bridgehead atoms. The molecule has 0 fully saturated rings. The van der Waals surface area contributed by atoms with Gasteiger partial charge in [0.05, 0.1) is 0 Å². The first-order chi connectivity index (χ1) is 7.51. The molecule has 90 valence electrons. The third-order valence-corrected chi connectivity index (χ3v) is 2.92. The van der Waals surface area contributed by atoms with Gasteiger partial charge in [-0.2, -0.15) is 0 Å². The minimum Gasteiger partial charge on any atom is -0.383 e. The lowest BCUT2D eigenvalue weighted by Gasteiger charge is -2.22. The zero-order valence-electron chi connectivity index (χ0n) is 10.6. The van der Waals surface area contributed by atoms with Gasteiger partial charge >= 0.3 is 0 Å². The quantitative estimate of drug-likeness (QED) is 0.797. The average Bonchev–Trinajstić information content (AvgIpc) is 2.25. The molecule has 0 amide bonds. The van der Waals surface area contributed by atoms with Crippen molar-refractivity contribution in [2.24, 2.45) is 0 Å². The highest BCUT2D eigenvalue weighted by molar-refractivity contribution is 5.37. The van der Waals surface area contributed by atoms with Gasteiger partial charge in [0.25, 0.3) is 0 Å². The summed E-state index contributed by atoms with van der Waals surface area (Å²) in [5.41, 5.74) is 4.29. The molecule has 16 heavy (non-hydrogen) atoms. The minimum absolute atomic E-state index is 0.624. The van der Waals surface area contributed by atoms with Crippen LogP contribution in [0, 0.1) is 20.8 Å². The van der Waals surface area contributed by atoms with Gasteiger partial charge in [0.2, 0.25) is 0 Å². The molecule has 0 aliphatic carbocycles.